The summed E-state index contributed by atoms with van der Waals surface area (Å²) in [4.78, 5) is 20.4. The van der Waals surface area contributed by atoms with E-state index in [2.05, 4.69) is 34.6 Å². The van der Waals surface area contributed by atoms with Gasteiger partial charge in [-0.3, -0.25) is 14.7 Å². The maximum Gasteiger partial charge on any atom is 0.219 e. The van der Waals surface area contributed by atoms with Crippen LogP contribution in [0.2, 0.25) is 0 Å². The second kappa shape index (κ2) is 13.7. The Bertz CT molecular complexity index is 702. The van der Waals surface area contributed by atoms with Crippen molar-refractivity contribution in [2.24, 2.45) is 4.99 Å². The second-order valence-corrected chi connectivity index (χ2v) is 7.56. The van der Waals surface area contributed by atoms with Gasteiger partial charge in [0.05, 0.1) is 13.7 Å². The molecule has 1 aliphatic rings. The zero-order valence-electron chi connectivity index (χ0n) is 19.6. The molecule has 1 fully saturated rings. The van der Waals surface area contributed by atoms with Crippen LogP contribution < -0.4 is 20.1 Å². The van der Waals surface area contributed by atoms with Gasteiger partial charge in [-0.15, -0.1) is 0 Å². The van der Waals surface area contributed by atoms with Crippen molar-refractivity contribution in [3.05, 3.63) is 23.8 Å². The minimum absolute atomic E-state index is 0.170. The molecule has 0 aromatic heterocycles. The molecule has 0 unspecified atom stereocenters. The molecule has 8 heteroatoms. The summed E-state index contributed by atoms with van der Waals surface area (Å²) in [6, 6.07) is 6.10. The number of methoxy groups -OCH3 is 1. The highest BCUT2D eigenvalue weighted by atomic mass is 16.5. The molecule has 1 aromatic carbocycles. The number of rotatable bonds is 11. The van der Waals surface area contributed by atoms with Crippen molar-refractivity contribution < 1.29 is 14.3 Å². The van der Waals surface area contributed by atoms with E-state index in [1.807, 2.05) is 17.9 Å². The first-order valence-electron chi connectivity index (χ1n) is 11.4. The number of hydrogen-bond donors (Lipinski definition) is 2. The summed E-state index contributed by atoms with van der Waals surface area (Å²) in [6.07, 6.45) is 1.90. The van der Waals surface area contributed by atoms with Crippen LogP contribution in [0.3, 0.4) is 0 Å². The number of nitrogens with one attached hydrogen (secondary N) is 2. The van der Waals surface area contributed by atoms with Gasteiger partial charge in [0, 0.05) is 59.3 Å². The largest absolute Gasteiger partial charge is 0.493 e. The van der Waals surface area contributed by atoms with Gasteiger partial charge in [-0.05, 0) is 44.4 Å². The number of amides is 1. The summed E-state index contributed by atoms with van der Waals surface area (Å²) in [5, 5.41) is 6.73. The Morgan fingerprint density at radius 1 is 1.13 bits per heavy atom. The Kier molecular flexibility index (Phi) is 11.0. The van der Waals surface area contributed by atoms with E-state index in [4.69, 9.17) is 14.5 Å². The molecule has 0 spiro atoms. The second-order valence-electron chi connectivity index (χ2n) is 7.56. The number of benzene rings is 1. The molecule has 8 nitrogen and oxygen atoms in total. The first-order chi connectivity index (χ1) is 15.1. The molecular weight excluding hydrogens is 394 g/mol. The lowest BCUT2D eigenvalue weighted by Crippen LogP contribution is -2.50. The summed E-state index contributed by atoms with van der Waals surface area (Å²) < 4.78 is 11.0. The Hall–Kier alpha value is -2.48. The van der Waals surface area contributed by atoms with Crippen molar-refractivity contribution in [2.45, 2.75) is 33.6 Å². The quantitative estimate of drug-likeness (QED) is 0.315. The number of nitrogens with zero attached hydrogens (tertiary/aromatic N) is 3. The van der Waals surface area contributed by atoms with Gasteiger partial charge in [0.25, 0.3) is 0 Å². The first kappa shape index (κ1) is 24.8. The highest BCUT2D eigenvalue weighted by Crippen LogP contribution is 2.28. The fraction of sp³-hybridized carbons (Fsp3) is 0.652. The van der Waals surface area contributed by atoms with Gasteiger partial charge in [0.2, 0.25) is 5.91 Å². The normalized spacial score (nSPS) is 15.0. The molecule has 1 saturated heterocycles. The fourth-order valence-corrected chi connectivity index (χ4v) is 3.58. The van der Waals surface area contributed by atoms with Crippen molar-refractivity contribution in [1.82, 2.24) is 20.4 Å². The molecule has 1 heterocycles. The third-order valence-electron chi connectivity index (χ3n) is 5.30. The fourth-order valence-electron chi connectivity index (χ4n) is 3.58. The Balaban J connectivity index is 1.73. The van der Waals surface area contributed by atoms with Crippen LogP contribution in [0.1, 0.15) is 32.8 Å². The molecule has 174 valence electrons. The van der Waals surface area contributed by atoms with Crippen LogP contribution in [-0.4, -0.2) is 87.7 Å². The van der Waals surface area contributed by atoms with Crippen LogP contribution in [0, 0.1) is 0 Å². The van der Waals surface area contributed by atoms with E-state index in [0.717, 1.165) is 82.7 Å². The molecule has 0 bridgehead atoms. The van der Waals surface area contributed by atoms with Gasteiger partial charge in [-0.2, -0.15) is 0 Å². The number of piperazine rings is 1. The van der Waals surface area contributed by atoms with Crippen molar-refractivity contribution in [2.75, 3.05) is 66.1 Å². The lowest BCUT2D eigenvalue weighted by molar-refractivity contribution is -0.130. The smallest absolute Gasteiger partial charge is 0.219 e. The number of hydrogen-bond acceptors (Lipinski definition) is 5. The van der Waals surface area contributed by atoms with Gasteiger partial charge >= 0.3 is 0 Å². The van der Waals surface area contributed by atoms with E-state index in [-0.39, 0.29) is 5.91 Å². The number of carbonyl (C=O) groups excluding carboxylic acids is 1. The number of ether oxygens (including phenoxy) is 2. The van der Waals surface area contributed by atoms with Crippen LogP contribution in [0.15, 0.2) is 23.2 Å². The molecule has 0 atom stereocenters. The molecule has 0 aliphatic carbocycles. The van der Waals surface area contributed by atoms with Crippen LogP contribution in [-0.2, 0) is 11.2 Å². The van der Waals surface area contributed by atoms with Crippen LogP contribution >= 0.6 is 0 Å². The van der Waals surface area contributed by atoms with Crippen molar-refractivity contribution in [3.63, 3.8) is 0 Å². The monoisotopic (exact) mass is 433 g/mol. The van der Waals surface area contributed by atoms with E-state index in [9.17, 15) is 4.79 Å². The van der Waals surface area contributed by atoms with E-state index in [0.29, 0.717) is 6.61 Å². The van der Waals surface area contributed by atoms with Crippen LogP contribution in [0.4, 0.5) is 0 Å². The summed E-state index contributed by atoms with van der Waals surface area (Å²) in [7, 11) is 1.66. The number of aliphatic imine (C=N–C) groups is 1. The molecule has 0 saturated carbocycles. The third kappa shape index (κ3) is 8.65. The average molecular weight is 434 g/mol. The SMILES string of the molecule is CCNC(=NCCCc1ccc(OC)c(OCC)c1)NCCN1CCN(C(C)=O)CC1. The van der Waals surface area contributed by atoms with Crippen molar-refractivity contribution in [3.8, 4) is 11.5 Å². The van der Waals surface area contributed by atoms with E-state index in [1.165, 1.54) is 5.56 Å². The van der Waals surface area contributed by atoms with Gasteiger partial charge in [-0.25, -0.2) is 0 Å². The topological polar surface area (TPSA) is 78.4 Å². The molecular formula is C23H39N5O3. The Labute approximate surface area is 187 Å². The van der Waals surface area contributed by atoms with Crippen LogP contribution in [0.25, 0.3) is 0 Å². The maximum absolute atomic E-state index is 11.4. The molecule has 1 amide bonds. The highest BCUT2D eigenvalue weighted by Gasteiger charge is 2.17. The zero-order valence-corrected chi connectivity index (χ0v) is 19.6. The minimum atomic E-state index is 0.170. The third-order valence-corrected chi connectivity index (χ3v) is 5.30. The van der Waals surface area contributed by atoms with Crippen LogP contribution in [0.5, 0.6) is 11.5 Å². The van der Waals surface area contributed by atoms with E-state index < -0.39 is 0 Å². The number of carbonyl (C=O) groups is 1. The van der Waals surface area contributed by atoms with E-state index in [1.54, 1.807) is 14.0 Å². The average Bonchev–Trinajstić information content (AvgIpc) is 2.77. The maximum atomic E-state index is 11.4. The Morgan fingerprint density at radius 3 is 2.55 bits per heavy atom. The summed E-state index contributed by atoms with van der Waals surface area (Å²) in [5.74, 6) is 2.59. The zero-order chi connectivity index (χ0) is 22.5. The predicted molar refractivity (Wildman–Crippen MR) is 125 cm³/mol. The molecule has 31 heavy (non-hydrogen) atoms. The lowest BCUT2D eigenvalue weighted by atomic mass is 10.1. The predicted octanol–water partition coefficient (Wildman–Crippen LogP) is 1.75. The summed E-state index contributed by atoms with van der Waals surface area (Å²) in [6.45, 7) is 13.2. The van der Waals surface area contributed by atoms with Gasteiger partial charge in [0.1, 0.15) is 0 Å². The summed E-state index contributed by atoms with van der Waals surface area (Å²) in [5.41, 5.74) is 1.22. The first-order valence-corrected chi connectivity index (χ1v) is 11.4. The van der Waals surface area contributed by atoms with Gasteiger partial charge in [0.15, 0.2) is 17.5 Å². The van der Waals surface area contributed by atoms with E-state index >= 15 is 0 Å². The molecule has 1 aliphatic heterocycles. The number of guanidine groups is 1. The molecule has 1 aromatic rings. The standard InChI is InChI=1S/C23H39N5O3/c1-5-24-23(26-12-13-27-14-16-28(17-15-27)19(3)29)25-11-7-8-20-9-10-21(30-4)22(18-20)31-6-2/h9-10,18H,5-8,11-17H2,1-4H3,(H2,24,25,26). The highest BCUT2D eigenvalue weighted by molar-refractivity contribution is 5.79. The molecule has 2 N–H and O–H groups in total. The number of aryl methyl sites for hydroxylation is 1. The Morgan fingerprint density at radius 2 is 1.90 bits per heavy atom. The van der Waals surface area contributed by atoms with Gasteiger partial charge in [-0.1, -0.05) is 6.07 Å². The minimum Gasteiger partial charge on any atom is -0.493 e. The molecule has 2 rings (SSSR count). The lowest BCUT2D eigenvalue weighted by Gasteiger charge is -2.34. The molecule has 0 radical (unpaired) electrons. The summed E-state index contributed by atoms with van der Waals surface area (Å²) >= 11 is 0. The van der Waals surface area contributed by atoms with Gasteiger partial charge < -0.3 is 25.0 Å². The van der Waals surface area contributed by atoms with Crippen molar-refractivity contribution >= 4 is 11.9 Å². The van der Waals surface area contributed by atoms with Crippen molar-refractivity contribution in [1.29, 1.82) is 0 Å².